The number of H-pyrrole nitrogens is 1. The van der Waals surface area contributed by atoms with Crippen LogP contribution in [0.15, 0.2) is 50.8 Å². The first-order valence-corrected chi connectivity index (χ1v) is 12.1. The average molecular weight is 543 g/mol. The molecule has 0 radical (unpaired) electrons. The molecule has 0 amide bonds. The molecule has 0 aliphatic heterocycles. The number of benzene rings is 1. The molecule has 0 saturated heterocycles. The lowest BCUT2D eigenvalue weighted by atomic mass is 9.90. The number of hydrogen-bond donors (Lipinski definition) is 5. The molecule has 0 bridgehead atoms. The maximum atomic E-state index is 13.0. The fraction of sp³-hybridized carbons (Fsp3) is 0.360. The number of aromatic nitrogens is 2. The van der Waals surface area contributed by atoms with Gasteiger partial charge < -0.3 is 20.0 Å². The van der Waals surface area contributed by atoms with Crippen molar-refractivity contribution in [1.29, 1.82) is 0 Å². The Morgan fingerprint density at radius 2 is 1.77 bits per heavy atom. The Balaban J connectivity index is 1.93. The summed E-state index contributed by atoms with van der Waals surface area (Å²) < 4.78 is 6.77. The van der Waals surface area contributed by atoms with Crippen LogP contribution in [-0.4, -0.2) is 54.8 Å². The normalized spacial score (nSPS) is 13.3. The van der Waals surface area contributed by atoms with E-state index in [0.717, 1.165) is 10.9 Å². The van der Waals surface area contributed by atoms with Gasteiger partial charge in [-0.25, -0.2) is 4.79 Å². The number of Topliss-reactive ketones (excluding diaryl/α,β-unsaturated/α-hetero) is 2. The van der Waals surface area contributed by atoms with Gasteiger partial charge in [0.1, 0.15) is 11.8 Å². The van der Waals surface area contributed by atoms with Crippen molar-refractivity contribution in [2.75, 3.05) is 0 Å². The van der Waals surface area contributed by atoms with Crippen LogP contribution in [0.4, 0.5) is 5.69 Å². The standard InChI is InChI=1S/C25H30N6O8/c1-13(2)21(23(33)24(34)22(29-36)14(3)4)26-10-16-9-18(15-5-7-17(8-6-15)31(37)38)39-19(16)11-27-30-12-20(32)28-25(30)35/h5-9,11-14,21-22,26,29,32,36H,10H2,1-4H3,(H,28,35)/t21-,22-/m0/s1. The quantitative estimate of drug-likeness (QED) is 0.0921. The van der Waals surface area contributed by atoms with Gasteiger partial charge in [-0.1, -0.05) is 27.7 Å². The number of carbonyl (C=O) groups is 2. The minimum absolute atomic E-state index is 0.0475. The van der Waals surface area contributed by atoms with Crippen LogP contribution in [0.5, 0.6) is 5.88 Å². The van der Waals surface area contributed by atoms with Crippen molar-refractivity contribution in [3.63, 3.8) is 0 Å². The summed E-state index contributed by atoms with van der Waals surface area (Å²) in [7, 11) is 0. The van der Waals surface area contributed by atoms with Gasteiger partial charge in [-0.15, -0.1) is 0 Å². The Hall–Kier alpha value is -4.40. The number of ketones is 2. The molecule has 0 fully saturated rings. The first-order valence-electron chi connectivity index (χ1n) is 12.1. The average Bonchev–Trinajstić information content (AvgIpc) is 3.44. The SMILES string of the molecule is CC(C)[C@H](NO)C(=O)C(=O)[C@@H](NCc1cc(-c2ccc([N+](=O)[O-])cc2)oc1C=Nn1cc(O)[nH]c1=O)C(C)C. The van der Waals surface area contributed by atoms with Crippen LogP contribution in [0.25, 0.3) is 11.3 Å². The molecule has 208 valence electrons. The van der Waals surface area contributed by atoms with Gasteiger partial charge in [0.05, 0.1) is 23.4 Å². The molecule has 5 N–H and O–H groups in total. The molecule has 1 aromatic carbocycles. The lowest BCUT2D eigenvalue weighted by Crippen LogP contribution is -2.51. The number of hydroxylamine groups is 1. The number of carbonyl (C=O) groups excluding carboxylic acids is 2. The number of aromatic amines is 1. The van der Waals surface area contributed by atoms with Crippen molar-refractivity contribution < 1.29 is 29.2 Å². The van der Waals surface area contributed by atoms with Gasteiger partial charge in [-0.05, 0) is 30.0 Å². The number of aromatic hydroxyl groups is 1. The van der Waals surface area contributed by atoms with Crippen molar-refractivity contribution in [3.05, 3.63) is 68.5 Å². The van der Waals surface area contributed by atoms with Gasteiger partial charge in [0.2, 0.25) is 17.4 Å². The van der Waals surface area contributed by atoms with Crippen LogP contribution in [0.1, 0.15) is 39.0 Å². The molecule has 14 nitrogen and oxygen atoms in total. The molecule has 2 atom stereocenters. The number of imidazole rings is 1. The lowest BCUT2D eigenvalue weighted by molar-refractivity contribution is -0.384. The zero-order chi connectivity index (χ0) is 28.9. The fourth-order valence-corrected chi connectivity index (χ4v) is 3.82. The van der Waals surface area contributed by atoms with Crippen molar-refractivity contribution in [3.8, 4) is 17.2 Å². The highest BCUT2D eigenvalue weighted by Gasteiger charge is 2.34. The van der Waals surface area contributed by atoms with Crippen molar-refractivity contribution >= 4 is 23.5 Å². The Kier molecular flexibility index (Phi) is 9.29. The number of rotatable bonds is 13. The summed E-state index contributed by atoms with van der Waals surface area (Å²) in [6.07, 6.45) is 2.30. The van der Waals surface area contributed by atoms with Crippen molar-refractivity contribution in [1.82, 2.24) is 20.5 Å². The molecular weight excluding hydrogens is 512 g/mol. The Morgan fingerprint density at radius 1 is 1.15 bits per heavy atom. The summed E-state index contributed by atoms with van der Waals surface area (Å²) in [6.45, 7) is 6.98. The highest BCUT2D eigenvalue weighted by Crippen LogP contribution is 2.27. The first-order chi connectivity index (χ1) is 18.4. The fourth-order valence-electron chi connectivity index (χ4n) is 3.82. The molecule has 2 aromatic heterocycles. The Labute approximate surface area is 222 Å². The maximum Gasteiger partial charge on any atom is 0.349 e. The molecule has 39 heavy (non-hydrogen) atoms. The van der Waals surface area contributed by atoms with E-state index in [1.807, 2.05) is 5.48 Å². The number of hydrogen-bond acceptors (Lipinski definition) is 11. The predicted molar refractivity (Wildman–Crippen MR) is 140 cm³/mol. The second-order valence-corrected chi connectivity index (χ2v) is 9.52. The molecule has 0 saturated carbocycles. The second kappa shape index (κ2) is 12.4. The van der Waals surface area contributed by atoms with Gasteiger partial charge in [-0.3, -0.25) is 24.7 Å². The van der Waals surface area contributed by atoms with Crippen LogP contribution in [0.2, 0.25) is 0 Å². The number of nitrogens with one attached hydrogen (secondary N) is 3. The van der Waals surface area contributed by atoms with Gasteiger partial charge >= 0.3 is 5.69 Å². The van der Waals surface area contributed by atoms with E-state index < -0.39 is 34.3 Å². The molecule has 0 spiro atoms. The zero-order valence-corrected chi connectivity index (χ0v) is 21.7. The minimum Gasteiger partial charge on any atom is -0.493 e. The number of nitro groups is 1. The number of non-ortho nitro benzene ring substituents is 1. The van der Waals surface area contributed by atoms with Crippen molar-refractivity contribution in [2.45, 2.75) is 46.3 Å². The number of nitrogens with zero attached hydrogens (tertiary/aromatic N) is 3. The molecule has 14 heteroatoms. The molecule has 0 unspecified atom stereocenters. The van der Waals surface area contributed by atoms with Gasteiger partial charge in [0.25, 0.3) is 5.69 Å². The third-order valence-corrected chi connectivity index (χ3v) is 5.98. The van der Waals surface area contributed by atoms with E-state index in [1.165, 1.54) is 30.5 Å². The first kappa shape index (κ1) is 29.2. The minimum atomic E-state index is -1.05. The van der Waals surface area contributed by atoms with E-state index in [0.29, 0.717) is 16.9 Å². The lowest BCUT2D eigenvalue weighted by Gasteiger charge is -2.24. The smallest absolute Gasteiger partial charge is 0.349 e. The molecular formula is C25H30N6O8. The summed E-state index contributed by atoms with van der Waals surface area (Å²) in [5.74, 6) is -1.92. The second-order valence-electron chi connectivity index (χ2n) is 9.52. The largest absolute Gasteiger partial charge is 0.493 e. The molecule has 0 aliphatic carbocycles. The summed E-state index contributed by atoms with van der Waals surface area (Å²) in [5.41, 5.74) is 2.16. The molecule has 0 aliphatic rings. The Bertz CT molecular complexity index is 1420. The van der Waals surface area contributed by atoms with E-state index in [2.05, 4.69) is 15.4 Å². The van der Waals surface area contributed by atoms with Gasteiger partial charge in [0, 0.05) is 29.8 Å². The zero-order valence-electron chi connectivity index (χ0n) is 21.7. The maximum absolute atomic E-state index is 13.0. The van der Waals surface area contributed by atoms with E-state index >= 15 is 0 Å². The van der Waals surface area contributed by atoms with E-state index in [-0.39, 0.29) is 35.7 Å². The van der Waals surface area contributed by atoms with Gasteiger partial charge in [0.15, 0.2) is 5.76 Å². The van der Waals surface area contributed by atoms with E-state index in [9.17, 15) is 34.8 Å². The number of furan rings is 1. The number of nitro benzene ring substituents is 1. The summed E-state index contributed by atoms with van der Waals surface area (Å²) in [4.78, 5) is 50.3. The topological polar surface area (TPSA) is 205 Å². The predicted octanol–water partition coefficient (Wildman–Crippen LogP) is 2.19. The van der Waals surface area contributed by atoms with Crippen LogP contribution >= 0.6 is 0 Å². The van der Waals surface area contributed by atoms with Crippen LogP contribution < -0.4 is 16.5 Å². The summed E-state index contributed by atoms with van der Waals surface area (Å²) in [5, 5.41) is 36.9. The molecule has 3 aromatic rings. The molecule has 2 heterocycles. The van der Waals surface area contributed by atoms with Crippen LogP contribution in [0.3, 0.4) is 0 Å². The Morgan fingerprint density at radius 3 is 2.28 bits per heavy atom. The monoisotopic (exact) mass is 542 g/mol. The van der Waals surface area contributed by atoms with E-state index in [4.69, 9.17) is 4.42 Å². The van der Waals surface area contributed by atoms with Gasteiger partial charge in [-0.2, -0.15) is 15.3 Å². The molecule has 3 rings (SSSR count). The van der Waals surface area contributed by atoms with Crippen LogP contribution in [0, 0.1) is 22.0 Å². The highest BCUT2D eigenvalue weighted by atomic mass is 16.6. The third kappa shape index (κ3) is 6.93. The van der Waals surface area contributed by atoms with Crippen molar-refractivity contribution in [2.24, 2.45) is 16.9 Å². The van der Waals surface area contributed by atoms with Crippen LogP contribution in [-0.2, 0) is 16.1 Å². The summed E-state index contributed by atoms with van der Waals surface area (Å²) in [6, 6.07) is 5.37. The third-order valence-electron chi connectivity index (χ3n) is 5.98. The highest BCUT2D eigenvalue weighted by molar-refractivity contribution is 6.41. The summed E-state index contributed by atoms with van der Waals surface area (Å²) >= 11 is 0. The van der Waals surface area contributed by atoms with E-state index in [1.54, 1.807) is 33.8 Å².